The number of rotatable bonds is 0. The van der Waals surface area contributed by atoms with E-state index >= 15 is 0 Å². The van der Waals surface area contributed by atoms with E-state index in [0.717, 1.165) is 29.8 Å². The lowest BCUT2D eigenvalue weighted by atomic mass is 9.96. The van der Waals surface area contributed by atoms with Gasteiger partial charge in [0, 0.05) is 16.9 Å². The Balaban J connectivity index is 2.30. The number of amides is 1. The van der Waals surface area contributed by atoms with Gasteiger partial charge < -0.3 is 11.1 Å². The predicted octanol–water partition coefficient (Wildman–Crippen LogP) is 1.25. The zero-order valence-electron chi connectivity index (χ0n) is 7.13. The van der Waals surface area contributed by atoms with Crippen LogP contribution in [0.5, 0.6) is 0 Å². The van der Waals surface area contributed by atoms with Gasteiger partial charge in [0.25, 0.3) is 0 Å². The Morgan fingerprint density at radius 2 is 2.15 bits per heavy atom. The van der Waals surface area contributed by atoms with Gasteiger partial charge in [-0.1, -0.05) is 6.07 Å². The van der Waals surface area contributed by atoms with Crippen LogP contribution in [-0.4, -0.2) is 5.91 Å². The highest BCUT2D eigenvalue weighted by Gasteiger charge is 2.57. The number of hydrogen-bond acceptors (Lipinski definition) is 2. The van der Waals surface area contributed by atoms with Crippen molar-refractivity contribution >= 4 is 17.3 Å². The average molecular weight is 174 g/mol. The summed E-state index contributed by atoms with van der Waals surface area (Å²) >= 11 is 0. The van der Waals surface area contributed by atoms with Crippen LogP contribution in [0.4, 0.5) is 11.4 Å². The van der Waals surface area contributed by atoms with E-state index in [2.05, 4.69) is 5.32 Å². The molecule has 1 aliphatic heterocycles. The number of nitrogens with two attached hydrogens (primary N) is 1. The minimum Gasteiger partial charge on any atom is -0.398 e. The first kappa shape index (κ1) is 6.95. The summed E-state index contributed by atoms with van der Waals surface area (Å²) in [6, 6.07) is 5.64. The number of hydrogen-bond donors (Lipinski definition) is 2. The maximum Gasteiger partial charge on any atom is 0.235 e. The third kappa shape index (κ3) is 0.674. The molecular formula is C10H10N2O. The van der Waals surface area contributed by atoms with Gasteiger partial charge in [-0.25, -0.2) is 0 Å². The number of benzene rings is 1. The first-order chi connectivity index (χ1) is 6.24. The molecule has 0 aromatic heterocycles. The van der Waals surface area contributed by atoms with Gasteiger partial charge in [-0.15, -0.1) is 0 Å². The fraction of sp³-hybridized carbons (Fsp3) is 0.300. The standard InChI is InChI=1S/C10H10N2O/c11-6-2-1-3-7-8(6)10(4-5-10)9(13)12-7/h1-3H,4-5,11H2,(H,12,13). The van der Waals surface area contributed by atoms with Crippen molar-refractivity contribution in [2.24, 2.45) is 0 Å². The Morgan fingerprint density at radius 1 is 1.38 bits per heavy atom. The van der Waals surface area contributed by atoms with Crippen LogP contribution in [-0.2, 0) is 10.2 Å². The zero-order chi connectivity index (χ0) is 9.05. The van der Waals surface area contributed by atoms with Gasteiger partial charge in [0.2, 0.25) is 5.91 Å². The maximum atomic E-state index is 11.6. The van der Waals surface area contributed by atoms with Gasteiger partial charge in [-0.05, 0) is 25.0 Å². The molecular weight excluding hydrogens is 164 g/mol. The molecule has 1 fully saturated rings. The fourth-order valence-electron chi connectivity index (χ4n) is 2.17. The Kier molecular flexibility index (Phi) is 0.998. The summed E-state index contributed by atoms with van der Waals surface area (Å²) in [7, 11) is 0. The molecule has 3 rings (SSSR count). The minimum absolute atomic E-state index is 0.125. The van der Waals surface area contributed by atoms with Gasteiger partial charge in [0.05, 0.1) is 5.41 Å². The van der Waals surface area contributed by atoms with Crippen LogP contribution in [0.25, 0.3) is 0 Å². The Bertz CT molecular complexity index is 407. The molecule has 13 heavy (non-hydrogen) atoms. The quantitative estimate of drug-likeness (QED) is 0.581. The van der Waals surface area contributed by atoms with Crippen LogP contribution < -0.4 is 11.1 Å². The summed E-state index contributed by atoms with van der Waals surface area (Å²) in [5.74, 6) is 0.125. The third-order valence-electron chi connectivity index (χ3n) is 3.01. The molecule has 1 aromatic rings. The van der Waals surface area contributed by atoms with E-state index < -0.39 is 0 Å². The van der Waals surface area contributed by atoms with Gasteiger partial charge >= 0.3 is 0 Å². The molecule has 1 amide bonds. The van der Waals surface area contributed by atoms with Crippen molar-refractivity contribution in [3.8, 4) is 0 Å². The largest absolute Gasteiger partial charge is 0.398 e. The van der Waals surface area contributed by atoms with Crippen molar-refractivity contribution in [3.05, 3.63) is 23.8 Å². The zero-order valence-corrected chi connectivity index (χ0v) is 7.13. The van der Waals surface area contributed by atoms with Crippen LogP contribution >= 0.6 is 0 Å². The van der Waals surface area contributed by atoms with Crippen molar-refractivity contribution in [1.29, 1.82) is 0 Å². The highest BCUT2D eigenvalue weighted by Crippen LogP contribution is 2.56. The minimum atomic E-state index is -0.249. The van der Waals surface area contributed by atoms with Crippen molar-refractivity contribution in [2.75, 3.05) is 11.1 Å². The summed E-state index contributed by atoms with van der Waals surface area (Å²) < 4.78 is 0. The molecule has 0 radical (unpaired) electrons. The monoisotopic (exact) mass is 174 g/mol. The number of carbonyl (C=O) groups excluding carboxylic acids is 1. The van der Waals surface area contributed by atoms with Crippen LogP contribution in [0.15, 0.2) is 18.2 Å². The maximum absolute atomic E-state index is 11.6. The molecule has 0 unspecified atom stereocenters. The van der Waals surface area contributed by atoms with Crippen molar-refractivity contribution in [3.63, 3.8) is 0 Å². The highest BCUT2D eigenvalue weighted by atomic mass is 16.2. The average Bonchev–Trinajstić information content (AvgIpc) is 2.79. The molecule has 1 aromatic carbocycles. The van der Waals surface area contributed by atoms with E-state index in [1.54, 1.807) is 0 Å². The van der Waals surface area contributed by atoms with E-state index in [1.165, 1.54) is 0 Å². The van der Waals surface area contributed by atoms with Crippen LogP contribution in [0, 0.1) is 0 Å². The molecule has 0 saturated heterocycles. The van der Waals surface area contributed by atoms with E-state index in [4.69, 9.17) is 5.73 Å². The molecule has 2 aliphatic rings. The lowest BCUT2D eigenvalue weighted by molar-refractivity contribution is -0.117. The molecule has 3 heteroatoms. The van der Waals surface area contributed by atoms with E-state index in [-0.39, 0.29) is 11.3 Å². The van der Waals surface area contributed by atoms with Crippen molar-refractivity contribution < 1.29 is 4.79 Å². The normalized spacial score (nSPS) is 21.4. The number of fused-ring (bicyclic) bond motifs is 2. The first-order valence-corrected chi connectivity index (χ1v) is 4.44. The molecule has 1 aliphatic carbocycles. The Morgan fingerprint density at radius 3 is 2.85 bits per heavy atom. The van der Waals surface area contributed by atoms with Crippen LogP contribution in [0.1, 0.15) is 18.4 Å². The van der Waals surface area contributed by atoms with Gasteiger partial charge in [0.1, 0.15) is 0 Å². The second kappa shape index (κ2) is 1.87. The lowest BCUT2D eigenvalue weighted by Gasteiger charge is -2.06. The fourth-order valence-corrected chi connectivity index (χ4v) is 2.17. The topological polar surface area (TPSA) is 55.1 Å². The second-order valence-electron chi connectivity index (χ2n) is 3.81. The first-order valence-electron chi connectivity index (χ1n) is 4.44. The van der Waals surface area contributed by atoms with E-state index in [0.29, 0.717) is 0 Å². The molecule has 1 heterocycles. The van der Waals surface area contributed by atoms with E-state index in [9.17, 15) is 4.79 Å². The Labute approximate surface area is 75.9 Å². The van der Waals surface area contributed by atoms with Crippen LogP contribution in [0.3, 0.4) is 0 Å². The summed E-state index contributed by atoms with van der Waals surface area (Å²) in [5, 5.41) is 2.87. The molecule has 3 nitrogen and oxygen atoms in total. The van der Waals surface area contributed by atoms with Gasteiger partial charge in [-0.2, -0.15) is 0 Å². The molecule has 66 valence electrons. The van der Waals surface area contributed by atoms with E-state index in [1.807, 2.05) is 18.2 Å². The summed E-state index contributed by atoms with van der Waals surface area (Å²) in [5.41, 5.74) is 8.28. The number of anilines is 2. The summed E-state index contributed by atoms with van der Waals surface area (Å²) in [4.78, 5) is 11.6. The second-order valence-corrected chi connectivity index (χ2v) is 3.81. The SMILES string of the molecule is Nc1cccc2c1C1(CC1)C(=O)N2. The van der Waals surface area contributed by atoms with Crippen molar-refractivity contribution in [2.45, 2.75) is 18.3 Å². The van der Waals surface area contributed by atoms with Gasteiger partial charge in [0.15, 0.2) is 0 Å². The molecule has 0 bridgehead atoms. The third-order valence-corrected chi connectivity index (χ3v) is 3.01. The lowest BCUT2D eigenvalue weighted by Crippen LogP contribution is -2.19. The van der Waals surface area contributed by atoms with Crippen LogP contribution in [0.2, 0.25) is 0 Å². The molecule has 1 saturated carbocycles. The molecule has 1 spiro atoms. The highest BCUT2D eigenvalue weighted by molar-refractivity contribution is 6.10. The number of nitrogen functional groups attached to an aromatic ring is 1. The number of nitrogens with one attached hydrogen (secondary N) is 1. The summed E-state index contributed by atoms with van der Waals surface area (Å²) in [6.07, 6.45) is 1.89. The predicted molar refractivity (Wildman–Crippen MR) is 50.4 cm³/mol. The smallest absolute Gasteiger partial charge is 0.235 e. The number of carbonyl (C=O) groups is 1. The van der Waals surface area contributed by atoms with Gasteiger partial charge in [-0.3, -0.25) is 4.79 Å². The molecule has 3 N–H and O–H groups in total. The van der Waals surface area contributed by atoms with Crippen molar-refractivity contribution in [1.82, 2.24) is 0 Å². The molecule has 0 atom stereocenters. The Hall–Kier alpha value is -1.51. The summed E-state index contributed by atoms with van der Waals surface area (Å²) in [6.45, 7) is 0.